The molecule has 1 fully saturated rings. The predicted octanol–water partition coefficient (Wildman–Crippen LogP) is 2.08. The van der Waals surface area contributed by atoms with Gasteiger partial charge in [0.25, 0.3) is 0 Å². The molecule has 2 aromatic rings. The summed E-state index contributed by atoms with van der Waals surface area (Å²) in [6, 6.07) is 8.41. The summed E-state index contributed by atoms with van der Waals surface area (Å²) < 4.78 is 13.1. The summed E-state index contributed by atoms with van der Waals surface area (Å²) in [5, 5.41) is 3.44. The number of benzene rings is 1. The van der Waals surface area contributed by atoms with Gasteiger partial charge in [0.2, 0.25) is 0 Å². The molecule has 3 rings (SSSR count). The van der Waals surface area contributed by atoms with Gasteiger partial charge >= 0.3 is 0 Å². The molecule has 0 bridgehead atoms. The minimum atomic E-state index is -0.128. The quantitative estimate of drug-likeness (QED) is 0.907. The molecule has 1 aromatic carbocycles. The molecule has 1 aliphatic heterocycles. The van der Waals surface area contributed by atoms with Gasteiger partial charge in [-0.2, -0.15) is 0 Å². The SMILES string of the molecule is CCn1c([C@@H](C)NCC2OCCO2)nc2ccccc21. The lowest BCUT2D eigenvalue weighted by molar-refractivity contribution is -0.0405. The van der Waals surface area contributed by atoms with Crippen molar-refractivity contribution >= 4 is 11.0 Å². The average molecular weight is 275 g/mol. The first-order valence-electron chi connectivity index (χ1n) is 7.21. The number of nitrogens with one attached hydrogen (secondary N) is 1. The van der Waals surface area contributed by atoms with Crippen LogP contribution in [-0.2, 0) is 16.0 Å². The van der Waals surface area contributed by atoms with Gasteiger partial charge in [0.1, 0.15) is 5.82 Å². The summed E-state index contributed by atoms with van der Waals surface area (Å²) in [6.07, 6.45) is -0.128. The molecule has 0 radical (unpaired) electrons. The smallest absolute Gasteiger partial charge is 0.170 e. The molecule has 1 aliphatic rings. The lowest BCUT2D eigenvalue weighted by atomic mass is 10.3. The molecule has 108 valence electrons. The van der Waals surface area contributed by atoms with Crippen LogP contribution in [0.2, 0.25) is 0 Å². The van der Waals surface area contributed by atoms with Crippen LogP contribution >= 0.6 is 0 Å². The Kier molecular flexibility index (Phi) is 4.00. The normalized spacial score (nSPS) is 17.9. The first-order valence-corrected chi connectivity index (χ1v) is 7.21. The largest absolute Gasteiger partial charge is 0.349 e. The van der Waals surface area contributed by atoms with Gasteiger partial charge in [-0.3, -0.25) is 0 Å². The van der Waals surface area contributed by atoms with Gasteiger partial charge in [0.05, 0.1) is 30.3 Å². The van der Waals surface area contributed by atoms with E-state index in [9.17, 15) is 0 Å². The van der Waals surface area contributed by atoms with E-state index in [1.54, 1.807) is 0 Å². The molecular weight excluding hydrogens is 254 g/mol. The van der Waals surface area contributed by atoms with Crippen LogP contribution in [0.25, 0.3) is 11.0 Å². The molecule has 2 heterocycles. The minimum absolute atomic E-state index is 0.128. The van der Waals surface area contributed by atoms with Gasteiger partial charge in [-0.05, 0) is 26.0 Å². The number of ether oxygens (including phenoxy) is 2. The number of imidazole rings is 1. The molecule has 0 spiro atoms. The molecular formula is C15H21N3O2. The Labute approximate surface area is 118 Å². The topological polar surface area (TPSA) is 48.3 Å². The Balaban J connectivity index is 1.77. The highest BCUT2D eigenvalue weighted by Gasteiger charge is 2.19. The maximum Gasteiger partial charge on any atom is 0.170 e. The zero-order valence-corrected chi connectivity index (χ0v) is 12.0. The van der Waals surface area contributed by atoms with Crippen LogP contribution in [0, 0.1) is 0 Å². The molecule has 1 N–H and O–H groups in total. The highest BCUT2D eigenvalue weighted by molar-refractivity contribution is 5.76. The van der Waals surface area contributed by atoms with Crippen LogP contribution in [0.1, 0.15) is 25.7 Å². The zero-order valence-electron chi connectivity index (χ0n) is 12.0. The van der Waals surface area contributed by atoms with Gasteiger partial charge in [-0.25, -0.2) is 4.98 Å². The van der Waals surface area contributed by atoms with Crippen molar-refractivity contribution in [2.75, 3.05) is 19.8 Å². The monoisotopic (exact) mass is 275 g/mol. The first kappa shape index (κ1) is 13.5. The summed E-state index contributed by atoms with van der Waals surface area (Å²) in [7, 11) is 0. The number of nitrogens with zero attached hydrogens (tertiary/aromatic N) is 2. The molecule has 0 saturated carbocycles. The van der Waals surface area contributed by atoms with Gasteiger partial charge in [-0.15, -0.1) is 0 Å². The number of hydrogen-bond donors (Lipinski definition) is 1. The van der Waals surface area contributed by atoms with Crippen molar-refractivity contribution < 1.29 is 9.47 Å². The average Bonchev–Trinajstić information content (AvgIpc) is 3.11. The van der Waals surface area contributed by atoms with E-state index in [0.717, 1.165) is 17.9 Å². The molecule has 0 unspecified atom stereocenters. The molecule has 1 atom stereocenters. The molecule has 1 saturated heterocycles. The third-order valence-electron chi connectivity index (χ3n) is 3.67. The summed E-state index contributed by atoms with van der Waals surface area (Å²) in [5.74, 6) is 1.06. The van der Waals surface area contributed by atoms with E-state index in [4.69, 9.17) is 14.5 Å². The van der Waals surface area contributed by atoms with Crippen LogP contribution in [0.5, 0.6) is 0 Å². The second-order valence-corrected chi connectivity index (χ2v) is 5.00. The second-order valence-electron chi connectivity index (χ2n) is 5.00. The summed E-state index contributed by atoms with van der Waals surface area (Å²) in [6.45, 7) is 7.25. The van der Waals surface area contributed by atoms with E-state index < -0.39 is 0 Å². The molecule has 1 aromatic heterocycles. The molecule has 0 amide bonds. The maximum atomic E-state index is 5.44. The van der Waals surface area contributed by atoms with Crippen LogP contribution in [-0.4, -0.2) is 35.6 Å². The number of para-hydroxylation sites is 2. The highest BCUT2D eigenvalue weighted by Crippen LogP contribution is 2.20. The summed E-state index contributed by atoms with van der Waals surface area (Å²) in [5.41, 5.74) is 2.23. The maximum absolute atomic E-state index is 5.44. The van der Waals surface area contributed by atoms with Crippen molar-refractivity contribution in [1.29, 1.82) is 0 Å². The fraction of sp³-hybridized carbons (Fsp3) is 0.533. The number of fused-ring (bicyclic) bond motifs is 1. The number of hydrogen-bond acceptors (Lipinski definition) is 4. The van der Waals surface area contributed by atoms with Crippen molar-refractivity contribution in [2.45, 2.75) is 32.7 Å². The Morgan fingerprint density at radius 1 is 1.35 bits per heavy atom. The third kappa shape index (κ3) is 2.57. The minimum Gasteiger partial charge on any atom is -0.349 e. The molecule has 20 heavy (non-hydrogen) atoms. The fourth-order valence-electron chi connectivity index (χ4n) is 2.65. The van der Waals surface area contributed by atoms with Gasteiger partial charge < -0.3 is 19.4 Å². The third-order valence-corrected chi connectivity index (χ3v) is 3.67. The van der Waals surface area contributed by atoms with Crippen molar-refractivity contribution in [3.8, 4) is 0 Å². The van der Waals surface area contributed by atoms with Gasteiger partial charge in [0.15, 0.2) is 6.29 Å². The summed E-state index contributed by atoms with van der Waals surface area (Å²) >= 11 is 0. The van der Waals surface area contributed by atoms with Gasteiger partial charge in [-0.1, -0.05) is 12.1 Å². The highest BCUT2D eigenvalue weighted by atomic mass is 16.7. The van der Waals surface area contributed by atoms with Crippen molar-refractivity contribution in [3.05, 3.63) is 30.1 Å². The predicted molar refractivity (Wildman–Crippen MR) is 77.5 cm³/mol. The van der Waals surface area contributed by atoms with Crippen LogP contribution < -0.4 is 5.32 Å². The Hall–Kier alpha value is -1.43. The lowest BCUT2D eigenvalue weighted by Gasteiger charge is -2.17. The molecule has 0 aliphatic carbocycles. The van der Waals surface area contributed by atoms with Crippen LogP contribution in [0.15, 0.2) is 24.3 Å². The number of rotatable bonds is 5. The lowest BCUT2D eigenvalue weighted by Crippen LogP contribution is -2.31. The molecule has 5 nitrogen and oxygen atoms in total. The van der Waals surface area contributed by atoms with Crippen molar-refractivity contribution in [2.24, 2.45) is 0 Å². The van der Waals surface area contributed by atoms with Crippen molar-refractivity contribution in [3.63, 3.8) is 0 Å². The fourth-order valence-corrected chi connectivity index (χ4v) is 2.65. The van der Waals surface area contributed by atoms with E-state index in [2.05, 4.69) is 41.9 Å². The number of aromatic nitrogens is 2. The van der Waals surface area contributed by atoms with E-state index in [1.807, 2.05) is 6.07 Å². The van der Waals surface area contributed by atoms with E-state index in [-0.39, 0.29) is 12.3 Å². The number of aryl methyl sites for hydroxylation is 1. The zero-order chi connectivity index (χ0) is 13.9. The van der Waals surface area contributed by atoms with Gasteiger partial charge in [0, 0.05) is 13.1 Å². The van der Waals surface area contributed by atoms with Crippen molar-refractivity contribution in [1.82, 2.24) is 14.9 Å². The first-order chi connectivity index (χ1) is 9.79. The summed E-state index contributed by atoms with van der Waals surface area (Å²) in [4.78, 5) is 4.75. The van der Waals surface area contributed by atoms with E-state index in [1.165, 1.54) is 5.52 Å². The standard InChI is InChI=1S/C15H21N3O2/c1-3-18-13-7-5-4-6-12(13)17-15(18)11(2)16-10-14-19-8-9-20-14/h4-7,11,14,16H,3,8-10H2,1-2H3/t11-/m1/s1. The van der Waals surface area contributed by atoms with Crippen LogP contribution in [0.3, 0.4) is 0 Å². The second kappa shape index (κ2) is 5.91. The Bertz CT molecular complexity index is 576. The van der Waals surface area contributed by atoms with E-state index in [0.29, 0.717) is 19.8 Å². The van der Waals surface area contributed by atoms with E-state index >= 15 is 0 Å². The molecule has 5 heteroatoms. The van der Waals surface area contributed by atoms with Crippen LogP contribution in [0.4, 0.5) is 0 Å². The Morgan fingerprint density at radius 2 is 2.10 bits per heavy atom. The Morgan fingerprint density at radius 3 is 2.85 bits per heavy atom.